The first kappa shape index (κ1) is 17.1. The van der Waals surface area contributed by atoms with Gasteiger partial charge in [0.2, 0.25) is 11.0 Å². The molecule has 0 atom stereocenters. The van der Waals surface area contributed by atoms with Gasteiger partial charge in [0.1, 0.15) is 7.05 Å². The second-order valence-corrected chi connectivity index (χ2v) is 5.82. The number of aryl methyl sites for hydroxylation is 1. The van der Waals surface area contributed by atoms with Crippen molar-refractivity contribution in [3.05, 3.63) is 78.4 Å². The number of benzene rings is 3. The molecule has 0 aliphatic rings. The summed E-state index contributed by atoms with van der Waals surface area (Å²) in [6.07, 6.45) is 0. The summed E-state index contributed by atoms with van der Waals surface area (Å²) in [5, 5.41) is 11.5. The lowest BCUT2D eigenvalue weighted by Gasteiger charge is -2.11. The Labute approximate surface area is 155 Å². The second-order valence-electron chi connectivity index (χ2n) is 5.82. The number of nitrogens with zero attached hydrogens (tertiary/aromatic N) is 1. The van der Waals surface area contributed by atoms with E-state index in [4.69, 9.17) is 0 Å². The Balaban J connectivity index is 0.00000182. The third-order valence-electron chi connectivity index (χ3n) is 4.49. The van der Waals surface area contributed by atoms with Gasteiger partial charge in [0, 0.05) is 12.1 Å². The highest BCUT2D eigenvalue weighted by Gasteiger charge is 2.24. The number of para-hydroxylation sites is 1. The van der Waals surface area contributed by atoms with Crippen molar-refractivity contribution in [1.82, 2.24) is 0 Å². The predicted octanol–water partition coefficient (Wildman–Crippen LogP) is 1.19. The van der Waals surface area contributed by atoms with Crippen LogP contribution in [0.4, 0.5) is 0 Å². The quantitative estimate of drug-likeness (QED) is 0.410. The molecule has 124 valence electrons. The van der Waals surface area contributed by atoms with Crippen LogP contribution in [0.15, 0.2) is 72.8 Å². The molecule has 3 nitrogen and oxygen atoms in total. The molecular formula is C21H16BrNO2. The zero-order valence-electron chi connectivity index (χ0n) is 13.6. The second kappa shape index (κ2) is 6.65. The number of carboxylic acid groups (broad SMARTS) is 1. The van der Waals surface area contributed by atoms with Crippen molar-refractivity contribution in [1.29, 1.82) is 0 Å². The third kappa shape index (κ3) is 2.68. The van der Waals surface area contributed by atoms with E-state index in [0.717, 1.165) is 32.9 Å². The van der Waals surface area contributed by atoms with Gasteiger partial charge in [0.25, 0.3) is 0 Å². The molecule has 0 unspecified atom stereocenters. The maximum Gasteiger partial charge on any atom is 0.337 e. The number of aromatic carboxylic acids is 1. The molecule has 0 bridgehead atoms. The fourth-order valence-electron chi connectivity index (χ4n) is 3.40. The van der Waals surface area contributed by atoms with Crippen LogP contribution in [0.1, 0.15) is 10.4 Å². The number of aromatic nitrogens is 1. The Morgan fingerprint density at radius 2 is 1.48 bits per heavy atom. The Bertz CT molecular complexity index is 1090. The summed E-state index contributed by atoms with van der Waals surface area (Å²) < 4.78 is 2.06. The normalized spacial score (nSPS) is 10.6. The van der Waals surface area contributed by atoms with Gasteiger partial charge in [0.15, 0.2) is 0 Å². The summed E-state index contributed by atoms with van der Waals surface area (Å²) in [6.45, 7) is 0. The van der Waals surface area contributed by atoms with Gasteiger partial charge in [-0.15, -0.1) is 0 Å². The fraction of sp³-hybridized carbons (Fsp3) is 0.0476. The summed E-state index contributed by atoms with van der Waals surface area (Å²) in [5.74, 6) is -0.903. The summed E-state index contributed by atoms with van der Waals surface area (Å²) in [4.78, 5) is 12.1. The highest BCUT2D eigenvalue weighted by atomic mass is 79.9. The first-order chi connectivity index (χ1) is 11.7. The van der Waals surface area contributed by atoms with Gasteiger partial charge >= 0.3 is 5.97 Å². The highest BCUT2D eigenvalue weighted by Crippen LogP contribution is 2.33. The van der Waals surface area contributed by atoms with Crippen molar-refractivity contribution in [3.8, 4) is 11.1 Å². The smallest absolute Gasteiger partial charge is 0.337 e. The molecule has 4 aromatic rings. The van der Waals surface area contributed by atoms with E-state index in [1.807, 2.05) is 79.8 Å². The van der Waals surface area contributed by atoms with Crippen LogP contribution in [0.5, 0.6) is 0 Å². The lowest BCUT2D eigenvalue weighted by Crippen LogP contribution is -3.00. The van der Waals surface area contributed by atoms with E-state index < -0.39 is 5.97 Å². The minimum absolute atomic E-state index is 0. The summed E-state index contributed by atoms with van der Waals surface area (Å²) in [7, 11) is 1.98. The Morgan fingerprint density at radius 1 is 0.840 bits per heavy atom. The number of hydrogen-bond donors (Lipinski definition) is 1. The molecule has 0 radical (unpaired) electrons. The molecule has 0 saturated heterocycles. The van der Waals surface area contributed by atoms with Crippen molar-refractivity contribution in [2.75, 3.05) is 0 Å². The van der Waals surface area contributed by atoms with Crippen molar-refractivity contribution in [2.24, 2.45) is 7.05 Å². The minimum Gasteiger partial charge on any atom is -1.00 e. The zero-order chi connectivity index (χ0) is 16.7. The average Bonchev–Trinajstić information content (AvgIpc) is 2.62. The molecule has 0 aliphatic carbocycles. The molecular weight excluding hydrogens is 378 g/mol. The van der Waals surface area contributed by atoms with Crippen molar-refractivity contribution < 1.29 is 31.4 Å². The van der Waals surface area contributed by atoms with E-state index in [0.29, 0.717) is 5.56 Å². The lowest BCUT2D eigenvalue weighted by molar-refractivity contribution is -0.617. The van der Waals surface area contributed by atoms with E-state index in [-0.39, 0.29) is 17.0 Å². The molecule has 0 amide bonds. The van der Waals surface area contributed by atoms with E-state index >= 15 is 0 Å². The van der Waals surface area contributed by atoms with Crippen LogP contribution in [-0.2, 0) is 7.05 Å². The molecule has 0 aliphatic heterocycles. The van der Waals surface area contributed by atoms with Crippen LogP contribution in [0, 0.1) is 0 Å². The number of hydrogen-bond acceptors (Lipinski definition) is 1. The molecule has 0 spiro atoms. The number of halogens is 1. The van der Waals surface area contributed by atoms with Gasteiger partial charge in [-0.2, -0.15) is 4.57 Å². The Kier molecular flexibility index (Phi) is 4.55. The van der Waals surface area contributed by atoms with Crippen molar-refractivity contribution >= 4 is 27.8 Å². The van der Waals surface area contributed by atoms with E-state index in [1.54, 1.807) is 0 Å². The summed E-state index contributed by atoms with van der Waals surface area (Å²) >= 11 is 0. The maximum absolute atomic E-state index is 12.1. The van der Waals surface area contributed by atoms with Crippen LogP contribution < -0.4 is 21.5 Å². The molecule has 4 rings (SSSR count). The number of carboxylic acids is 1. The van der Waals surface area contributed by atoms with Crippen LogP contribution in [0.2, 0.25) is 0 Å². The van der Waals surface area contributed by atoms with E-state index in [1.165, 1.54) is 0 Å². The molecule has 0 fully saturated rings. The molecule has 1 aromatic heterocycles. The molecule has 0 saturated carbocycles. The van der Waals surface area contributed by atoms with E-state index in [2.05, 4.69) is 4.57 Å². The van der Waals surface area contributed by atoms with Crippen LogP contribution >= 0.6 is 0 Å². The highest BCUT2D eigenvalue weighted by molar-refractivity contribution is 6.16. The van der Waals surface area contributed by atoms with E-state index in [9.17, 15) is 9.90 Å². The molecule has 25 heavy (non-hydrogen) atoms. The molecule has 4 heteroatoms. The first-order valence-electron chi connectivity index (χ1n) is 7.80. The number of rotatable bonds is 2. The van der Waals surface area contributed by atoms with Crippen molar-refractivity contribution in [3.63, 3.8) is 0 Å². The maximum atomic E-state index is 12.1. The van der Waals surface area contributed by atoms with Gasteiger partial charge in [-0.1, -0.05) is 54.6 Å². The predicted molar refractivity (Wildman–Crippen MR) is 95.0 cm³/mol. The minimum atomic E-state index is -0.903. The van der Waals surface area contributed by atoms with Crippen LogP contribution in [-0.4, -0.2) is 11.1 Å². The molecule has 1 heterocycles. The van der Waals surface area contributed by atoms with Crippen LogP contribution in [0.3, 0.4) is 0 Å². The summed E-state index contributed by atoms with van der Waals surface area (Å²) in [6, 6.07) is 23.5. The lowest BCUT2D eigenvalue weighted by atomic mass is 9.94. The zero-order valence-corrected chi connectivity index (χ0v) is 15.2. The topological polar surface area (TPSA) is 41.2 Å². The molecule has 3 aromatic carbocycles. The first-order valence-corrected chi connectivity index (χ1v) is 7.80. The fourth-order valence-corrected chi connectivity index (χ4v) is 3.40. The third-order valence-corrected chi connectivity index (χ3v) is 4.49. The van der Waals surface area contributed by atoms with Crippen LogP contribution in [0.25, 0.3) is 32.9 Å². The SMILES string of the molecule is C[n+]1c2ccccc2c(C(=O)O)c2c(-c3ccccc3)cccc21.[Br-]. The van der Waals surface area contributed by atoms with Gasteiger partial charge < -0.3 is 22.1 Å². The standard InChI is InChI=1S/C21H15NO2.BrH/c1-22-17-12-6-5-10-16(17)20(21(23)24)19-15(11-7-13-18(19)22)14-8-3-2-4-9-14;/h2-13H,1H3;1H. The monoisotopic (exact) mass is 393 g/mol. The summed E-state index contributed by atoms with van der Waals surface area (Å²) in [5.41, 5.74) is 4.13. The van der Waals surface area contributed by atoms with Crippen molar-refractivity contribution in [2.45, 2.75) is 0 Å². The van der Waals surface area contributed by atoms with Gasteiger partial charge in [0.05, 0.1) is 16.3 Å². The number of pyridine rings is 1. The molecule has 1 N–H and O–H groups in total. The van der Waals surface area contributed by atoms with Gasteiger partial charge in [-0.25, -0.2) is 4.79 Å². The average molecular weight is 394 g/mol. The Hall–Kier alpha value is -2.72. The number of carbonyl (C=O) groups is 1. The van der Waals surface area contributed by atoms with Gasteiger partial charge in [-0.3, -0.25) is 0 Å². The largest absolute Gasteiger partial charge is 1.00 e. The van der Waals surface area contributed by atoms with Gasteiger partial charge in [-0.05, 0) is 17.2 Å². The number of fused-ring (bicyclic) bond motifs is 2. The Morgan fingerprint density at radius 3 is 2.20 bits per heavy atom.